The number of aliphatic hydroxyl groups excluding tert-OH is 4. The summed E-state index contributed by atoms with van der Waals surface area (Å²) in [7, 11) is 0. The molecule has 0 aromatic rings. The number of aliphatic hydroxyl groups is 4. The van der Waals surface area contributed by atoms with Gasteiger partial charge in [-0.05, 0) is 6.42 Å². The quantitative estimate of drug-likeness (QED) is 0.273. The summed E-state index contributed by atoms with van der Waals surface area (Å²) >= 11 is 0. The molecule has 0 spiro atoms. The van der Waals surface area contributed by atoms with Crippen LogP contribution in [0.25, 0.3) is 0 Å². The van der Waals surface area contributed by atoms with Crippen LogP contribution in [0.5, 0.6) is 0 Å². The van der Waals surface area contributed by atoms with Gasteiger partial charge in [0.15, 0.2) is 6.29 Å². The fourth-order valence-corrected chi connectivity index (χ4v) is 2.76. The summed E-state index contributed by atoms with van der Waals surface area (Å²) in [6.45, 7) is -0.0327. The summed E-state index contributed by atoms with van der Waals surface area (Å²) in [6, 6.07) is -0.833. The van der Waals surface area contributed by atoms with Crippen LogP contribution in [0.3, 0.4) is 0 Å². The lowest BCUT2D eigenvalue weighted by atomic mass is 9.87. The second-order valence-corrected chi connectivity index (χ2v) is 5.79. The highest BCUT2D eigenvalue weighted by atomic mass is 16.7. The van der Waals surface area contributed by atoms with E-state index < -0.39 is 55.0 Å². The van der Waals surface area contributed by atoms with Gasteiger partial charge in [-0.25, -0.2) is 0 Å². The van der Waals surface area contributed by atoms with Crippen molar-refractivity contribution in [2.24, 2.45) is 17.2 Å². The van der Waals surface area contributed by atoms with Crippen LogP contribution in [0.15, 0.2) is 0 Å². The van der Waals surface area contributed by atoms with Crippen LogP contribution in [0.4, 0.5) is 0 Å². The Labute approximate surface area is 122 Å². The first-order valence-electron chi connectivity index (χ1n) is 7.09. The summed E-state index contributed by atoms with van der Waals surface area (Å²) in [6.07, 6.45) is -6.90. The van der Waals surface area contributed by atoms with E-state index in [-0.39, 0.29) is 13.0 Å². The zero-order chi connectivity index (χ0) is 15.7. The minimum absolute atomic E-state index is 0.0327. The van der Waals surface area contributed by atoms with Gasteiger partial charge in [0.2, 0.25) is 0 Å². The Kier molecular flexibility index (Phi) is 5.52. The number of rotatable bonds is 3. The van der Waals surface area contributed by atoms with Crippen LogP contribution in [0.1, 0.15) is 12.8 Å². The minimum atomic E-state index is -1.43. The van der Waals surface area contributed by atoms with Crippen LogP contribution >= 0.6 is 0 Å². The highest BCUT2D eigenvalue weighted by Crippen LogP contribution is 2.27. The molecule has 0 radical (unpaired) electrons. The summed E-state index contributed by atoms with van der Waals surface area (Å²) < 4.78 is 11.0. The monoisotopic (exact) mass is 307 g/mol. The molecule has 1 aliphatic heterocycles. The van der Waals surface area contributed by atoms with Crippen molar-refractivity contribution in [1.82, 2.24) is 0 Å². The van der Waals surface area contributed by atoms with Crippen molar-refractivity contribution in [3.63, 3.8) is 0 Å². The first kappa shape index (κ1) is 17.0. The van der Waals surface area contributed by atoms with E-state index in [4.69, 9.17) is 26.7 Å². The first-order valence-corrected chi connectivity index (χ1v) is 7.09. The van der Waals surface area contributed by atoms with Crippen molar-refractivity contribution >= 4 is 0 Å². The van der Waals surface area contributed by atoms with Crippen LogP contribution in [-0.2, 0) is 9.47 Å². The third-order valence-electron chi connectivity index (χ3n) is 4.20. The molecule has 10 N–H and O–H groups in total. The summed E-state index contributed by atoms with van der Waals surface area (Å²) in [5.41, 5.74) is 17.1. The first-order chi connectivity index (χ1) is 9.85. The van der Waals surface area contributed by atoms with Gasteiger partial charge in [0.1, 0.15) is 24.4 Å². The van der Waals surface area contributed by atoms with Crippen LogP contribution in [-0.4, -0.2) is 82.0 Å². The molecule has 0 aromatic carbocycles. The van der Waals surface area contributed by atoms with Crippen molar-refractivity contribution in [2.75, 3.05) is 6.54 Å². The predicted molar refractivity (Wildman–Crippen MR) is 71.8 cm³/mol. The Morgan fingerprint density at radius 1 is 0.952 bits per heavy atom. The molecule has 0 unspecified atom stereocenters. The maximum atomic E-state index is 9.93. The summed E-state index contributed by atoms with van der Waals surface area (Å²) in [5.74, 6) is 0. The molecular weight excluding hydrogens is 282 g/mol. The highest BCUT2D eigenvalue weighted by molar-refractivity contribution is 4.94. The average molecular weight is 307 g/mol. The van der Waals surface area contributed by atoms with Gasteiger partial charge in [0.05, 0.1) is 12.2 Å². The Bertz CT molecular complexity index is 347. The van der Waals surface area contributed by atoms with Crippen molar-refractivity contribution in [3.8, 4) is 0 Å². The molecular formula is C12H25N3O6. The highest BCUT2D eigenvalue weighted by Gasteiger charge is 2.46. The van der Waals surface area contributed by atoms with E-state index in [2.05, 4.69) is 0 Å². The Morgan fingerprint density at radius 3 is 2.24 bits per heavy atom. The lowest BCUT2D eigenvalue weighted by molar-refractivity contribution is -0.309. The SMILES string of the molecule is NC[C@@H]1O[C@H](O[C@H]2C[C@@H](O)[C@H](N)C[C@@H]2N)[C@@H](O)[C@H](O)[C@H]1O. The van der Waals surface area contributed by atoms with E-state index in [0.29, 0.717) is 6.42 Å². The molecule has 124 valence electrons. The fraction of sp³-hybridized carbons (Fsp3) is 1.00. The van der Waals surface area contributed by atoms with E-state index in [9.17, 15) is 20.4 Å². The molecule has 9 nitrogen and oxygen atoms in total. The molecule has 0 aromatic heterocycles. The molecule has 21 heavy (non-hydrogen) atoms. The van der Waals surface area contributed by atoms with Crippen molar-refractivity contribution in [3.05, 3.63) is 0 Å². The largest absolute Gasteiger partial charge is 0.391 e. The van der Waals surface area contributed by atoms with Gasteiger partial charge in [-0.2, -0.15) is 0 Å². The number of hydrogen-bond acceptors (Lipinski definition) is 9. The molecule has 2 fully saturated rings. The minimum Gasteiger partial charge on any atom is -0.391 e. The molecule has 1 saturated heterocycles. The Balaban J connectivity index is 2.01. The van der Waals surface area contributed by atoms with Crippen molar-refractivity contribution in [1.29, 1.82) is 0 Å². The van der Waals surface area contributed by atoms with E-state index in [1.165, 1.54) is 0 Å². The smallest absolute Gasteiger partial charge is 0.186 e. The van der Waals surface area contributed by atoms with Crippen LogP contribution in [0, 0.1) is 0 Å². The average Bonchev–Trinajstić information content (AvgIpc) is 2.45. The van der Waals surface area contributed by atoms with Gasteiger partial charge in [-0.3, -0.25) is 0 Å². The number of hydrogen-bond donors (Lipinski definition) is 7. The maximum Gasteiger partial charge on any atom is 0.186 e. The lowest BCUT2D eigenvalue weighted by Gasteiger charge is -2.43. The van der Waals surface area contributed by atoms with Crippen molar-refractivity contribution < 1.29 is 29.9 Å². The van der Waals surface area contributed by atoms with Crippen LogP contribution in [0.2, 0.25) is 0 Å². The van der Waals surface area contributed by atoms with Gasteiger partial charge in [0.25, 0.3) is 0 Å². The lowest BCUT2D eigenvalue weighted by Crippen LogP contribution is -2.62. The molecule has 9 atom stereocenters. The maximum absolute atomic E-state index is 9.93. The molecule has 1 heterocycles. The zero-order valence-corrected chi connectivity index (χ0v) is 11.7. The molecule has 1 aliphatic carbocycles. The van der Waals surface area contributed by atoms with E-state index in [1.54, 1.807) is 0 Å². The standard InChI is InChI=1S/C12H25N3O6/c13-3-8-9(17)10(18)11(19)12(21-8)20-7-2-6(16)4(14)1-5(7)15/h4-12,16-19H,1-3,13-15H2/t4-,5+,6-,7+,8+,9+,10-,11+,12+/m1/s1. The van der Waals surface area contributed by atoms with E-state index >= 15 is 0 Å². The van der Waals surface area contributed by atoms with Gasteiger partial charge < -0.3 is 47.1 Å². The molecule has 9 heteroatoms. The Morgan fingerprint density at radius 2 is 1.62 bits per heavy atom. The molecule has 2 aliphatic rings. The molecule has 2 rings (SSSR count). The normalized spacial score (nSPS) is 51.9. The van der Waals surface area contributed by atoms with Gasteiger partial charge in [-0.15, -0.1) is 0 Å². The van der Waals surface area contributed by atoms with Gasteiger partial charge in [-0.1, -0.05) is 0 Å². The second kappa shape index (κ2) is 6.82. The van der Waals surface area contributed by atoms with E-state index in [1.807, 2.05) is 0 Å². The van der Waals surface area contributed by atoms with E-state index in [0.717, 1.165) is 0 Å². The third-order valence-corrected chi connectivity index (χ3v) is 4.20. The molecule has 0 amide bonds. The molecule has 1 saturated carbocycles. The predicted octanol–water partition coefficient (Wildman–Crippen LogP) is -4.05. The number of nitrogens with two attached hydrogens (primary N) is 3. The van der Waals surface area contributed by atoms with Gasteiger partial charge in [0, 0.05) is 25.0 Å². The second-order valence-electron chi connectivity index (χ2n) is 5.79. The van der Waals surface area contributed by atoms with Gasteiger partial charge >= 0.3 is 0 Å². The topological polar surface area (TPSA) is 177 Å². The Hall–Kier alpha value is -0.360. The third kappa shape index (κ3) is 3.52. The van der Waals surface area contributed by atoms with Crippen molar-refractivity contribution in [2.45, 2.75) is 67.8 Å². The number of ether oxygens (including phenoxy) is 2. The fourth-order valence-electron chi connectivity index (χ4n) is 2.76. The molecule has 0 bridgehead atoms. The van der Waals surface area contributed by atoms with Crippen LogP contribution < -0.4 is 17.2 Å². The zero-order valence-electron chi connectivity index (χ0n) is 11.7. The summed E-state index contributed by atoms with van der Waals surface area (Å²) in [4.78, 5) is 0. The summed E-state index contributed by atoms with van der Waals surface area (Å²) in [5, 5.41) is 39.2.